The molecule has 0 radical (unpaired) electrons. The molecule has 1 aliphatic rings. The van der Waals surface area contributed by atoms with Gasteiger partial charge in [-0.25, -0.2) is 33.3 Å². The van der Waals surface area contributed by atoms with E-state index in [9.17, 15) is 37.8 Å². The zero-order valence-electron chi connectivity index (χ0n) is 30.1. The molecule has 2 heterocycles. The van der Waals surface area contributed by atoms with Gasteiger partial charge in [0.25, 0.3) is 10.0 Å². The molecule has 20 heteroatoms. The maximum absolute atomic E-state index is 12.3. The number of urea groups is 1. The van der Waals surface area contributed by atoms with Crippen LogP contribution in [0.25, 0.3) is 0 Å². The summed E-state index contributed by atoms with van der Waals surface area (Å²) in [5.74, 6) is -2.43. The van der Waals surface area contributed by atoms with Crippen LogP contribution in [0.15, 0.2) is 93.6 Å². The lowest BCUT2D eigenvalue weighted by molar-refractivity contribution is -0.136. The van der Waals surface area contributed by atoms with Gasteiger partial charge in [0.1, 0.15) is 40.8 Å². The molecule has 0 bridgehead atoms. The van der Waals surface area contributed by atoms with E-state index < -0.39 is 34.0 Å². The number of nitrogens with one attached hydrogen (secondary N) is 2. The van der Waals surface area contributed by atoms with Crippen molar-refractivity contribution in [1.29, 1.82) is 0 Å². The molecule has 9 N–H and O–H groups in total. The van der Waals surface area contributed by atoms with Crippen molar-refractivity contribution in [3.63, 3.8) is 0 Å². The van der Waals surface area contributed by atoms with Gasteiger partial charge in [-0.2, -0.15) is 10.2 Å². The highest BCUT2D eigenvalue weighted by Crippen LogP contribution is 2.42. The first kappa shape index (κ1) is 43.3. The zero-order valence-corrected chi connectivity index (χ0v) is 30.9. The number of primary amides is 1. The van der Waals surface area contributed by atoms with E-state index in [0.717, 1.165) is 11.1 Å². The number of aliphatic carboxylic acids is 1. The van der Waals surface area contributed by atoms with E-state index in [0.29, 0.717) is 35.4 Å². The number of phenolic OH excluding ortho intramolecular Hbond substituents is 1. The van der Waals surface area contributed by atoms with Crippen molar-refractivity contribution < 1.29 is 62.7 Å². The topological polar surface area (TPSA) is 310 Å². The van der Waals surface area contributed by atoms with Crippen LogP contribution in [0.1, 0.15) is 57.2 Å². The molecular weight excluding hydrogens is 756 g/mol. The summed E-state index contributed by atoms with van der Waals surface area (Å²) in [7, 11) is -2.28. The van der Waals surface area contributed by atoms with Crippen molar-refractivity contribution >= 4 is 51.2 Å². The molecule has 0 unspecified atom stereocenters. The Hall–Kier alpha value is -7.06. The third-order valence-electron chi connectivity index (χ3n) is 7.69. The van der Waals surface area contributed by atoms with E-state index in [4.69, 9.17) is 24.9 Å². The lowest BCUT2D eigenvalue weighted by Gasteiger charge is -2.15. The summed E-state index contributed by atoms with van der Waals surface area (Å²) in [6.07, 6.45) is 4.15. The van der Waals surface area contributed by atoms with Crippen LogP contribution in [0.5, 0.6) is 17.2 Å². The molecule has 4 aromatic rings. The Morgan fingerprint density at radius 1 is 1.02 bits per heavy atom. The summed E-state index contributed by atoms with van der Waals surface area (Å²) in [4.78, 5) is 46.6. The second-order valence-electron chi connectivity index (χ2n) is 11.6. The number of fused-ring (bicyclic) bond motifs is 1. The number of carbonyl (C=O) groups is 4. The van der Waals surface area contributed by atoms with Crippen molar-refractivity contribution in [2.75, 3.05) is 11.8 Å². The Morgan fingerprint density at radius 2 is 1.66 bits per heavy atom. The van der Waals surface area contributed by atoms with Crippen molar-refractivity contribution in [2.24, 2.45) is 16.0 Å². The normalized spacial score (nSPS) is 11.9. The molecule has 0 aliphatic carbocycles. The van der Waals surface area contributed by atoms with Crippen LogP contribution >= 0.6 is 0 Å². The van der Waals surface area contributed by atoms with Gasteiger partial charge in [0.05, 0.1) is 23.4 Å². The predicted octanol–water partition coefficient (Wildman–Crippen LogP) is 5.48. The number of aromatic nitrogens is 1. The summed E-state index contributed by atoms with van der Waals surface area (Å²) in [6, 6.07) is 13.3. The Kier molecular flexibility index (Phi) is 15.4. The van der Waals surface area contributed by atoms with Crippen LogP contribution < -0.4 is 20.7 Å². The number of azo groups is 1. The third kappa shape index (κ3) is 12.0. The van der Waals surface area contributed by atoms with Crippen molar-refractivity contribution in [1.82, 2.24) is 10.5 Å². The number of carboxylic acid groups (broad SMARTS) is 2. The molecule has 3 aromatic carbocycles. The van der Waals surface area contributed by atoms with Gasteiger partial charge in [-0.05, 0) is 86.8 Å². The lowest BCUT2D eigenvalue weighted by atomic mass is 9.94. The second-order valence-corrected chi connectivity index (χ2v) is 13.2. The van der Waals surface area contributed by atoms with Gasteiger partial charge >= 0.3 is 23.9 Å². The van der Waals surface area contributed by atoms with Crippen LogP contribution in [0, 0.1) is 6.92 Å². The molecule has 1 aromatic heterocycles. The van der Waals surface area contributed by atoms with E-state index in [1.165, 1.54) is 67.3 Å². The number of benzene rings is 3. The standard InChI is InChI=1S/C18H14N4O5S.C17H20O6.CH4N2O2/c23-16-9-6-13(11-15(16)18(24)25)21-20-12-4-7-14(8-5-12)28(26,27)22-17-3-1-2-10-19-17;1-9(5-7-13(18)19)4-6-11-15(20)14-12(8-23-17(14)21)10(2)16(11)22-3;2-1(4)3-5/h1-11,23H,(H,19,22)(H,24,25);4,20H,5-8H2,1-3H3,(H,18,19);5H,(H3,2,3,4)/b;9-4+;. The maximum Gasteiger partial charge on any atom is 0.342 e. The van der Waals surface area contributed by atoms with Crippen molar-refractivity contribution in [3.8, 4) is 17.2 Å². The van der Waals surface area contributed by atoms with Gasteiger partial charge in [0, 0.05) is 23.7 Å². The number of rotatable bonds is 12. The number of nitrogens with zero attached hydrogens (tertiary/aromatic N) is 3. The van der Waals surface area contributed by atoms with Crippen LogP contribution in [0.2, 0.25) is 0 Å². The number of amides is 2. The number of sulfonamides is 1. The van der Waals surface area contributed by atoms with Crippen molar-refractivity contribution in [3.05, 3.63) is 106 Å². The number of pyridine rings is 1. The second kappa shape index (κ2) is 19.9. The molecule has 0 atom stereocenters. The molecule has 0 spiro atoms. The smallest absolute Gasteiger partial charge is 0.342 e. The minimum atomic E-state index is -3.79. The average molecular weight is 795 g/mol. The number of allylic oxidation sites excluding steroid dienone is 2. The predicted molar refractivity (Wildman–Crippen MR) is 198 cm³/mol. The summed E-state index contributed by atoms with van der Waals surface area (Å²) >= 11 is 0. The first-order chi connectivity index (χ1) is 26.5. The number of carboxylic acids is 2. The number of phenols is 2. The fourth-order valence-corrected chi connectivity index (χ4v) is 5.90. The van der Waals surface area contributed by atoms with Crippen LogP contribution in [-0.4, -0.2) is 70.1 Å². The van der Waals surface area contributed by atoms with Gasteiger partial charge in [0.15, 0.2) is 0 Å². The molecule has 0 fully saturated rings. The van der Waals surface area contributed by atoms with Gasteiger partial charge in [-0.1, -0.05) is 17.7 Å². The van der Waals surface area contributed by atoms with Crippen molar-refractivity contribution in [2.45, 2.75) is 44.6 Å². The number of methoxy groups -OCH3 is 1. The molecule has 2 amide bonds. The van der Waals surface area contributed by atoms with E-state index >= 15 is 0 Å². The molecule has 0 saturated carbocycles. The number of hydrogen-bond acceptors (Lipinski definition) is 14. The van der Waals surface area contributed by atoms with E-state index in [1.807, 2.05) is 19.9 Å². The lowest BCUT2D eigenvalue weighted by Crippen LogP contribution is -2.25. The Labute approximate surface area is 319 Å². The summed E-state index contributed by atoms with van der Waals surface area (Å²) in [5, 5.41) is 52.9. The van der Waals surface area contributed by atoms with Crippen LogP contribution in [0.4, 0.5) is 22.0 Å². The Bertz CT molecular complexity index is 2250. The van der Waals surface area contributed by atoms with Gasteiger partial charge in [-0.15, -0.1) is 0 Å². The number of aromatic hydroxyl groups is 2. The fourth-order valence-electron chi connectivity index (χ4n) is 4.90. The number of cyclic esters (lactones) is 1. The van der Waals surface area contributed by atoms with Crippen LogP contribution in [0.3, 0.4) is 0 Å². The highest BCUT2D eigenvalue weighted by molar-refractivity contribution is 7.92. The minimum Gasteiger partial charge on any atom is -0.507 e. The number of aromatic carboxylic acids is 1. The van der Waals surface area contributed by atoms with Crippen LogP contribution in [-0.2, 0) is 32.6 Å². The van der Waals surface area contributed by atoms with E-state index in [-0.39, 0.29) is 52.1 Å². The fraction of sp³-hybridized carbons (Fsp3) is 0.194. The minimum absolute atomic E-state index is 0.0231. The van der Waals surface area contributed by atoms with Gasteiger partial charge in [-0.3, -0.25) is 14.7 Å². The number of hydrogen-bond donors (Lipinski definition) is 8. The third-order valence-corrected chi connectivity index (χ3v) is 9.06. The van der Waals surface area contributed by atoms with Gasteiger partial charge in [0.2, 0.25) is 0 Å². The summed E-state index contributed by atoms with van der Waals surface area (Å²) in [6.45, 7) is 3.79. The number of ether oxygens (including phenoxy) is 2. The zero-order chi connectivity index (χ0) is 41.6. The first-order valence-corrected chi connectivity index (χ1v) is 17.6. The Morgan fingerprint density at radius 3 is 2.23 bits per heavy atom. The molecule has 0 saturated heterocycles. The molecular formula is C36H38N6O13S. The monoisotopic (exact) mass is 794 g/mol. The summed E-state index contributed by atoms with van der Waals surface area (Å²) < 4.78 is 37.4. The van der Waals surface area contributed by atoms with E-state index in [1.54, 1.807) is 12.1 Å². The Balaban J connectivity index is 0.000000272. The quantitative estimate of drug-likeness (QED) is 0.0290. The molecule has 1 aliphatic heterocycles. The number of carbonyl (C=O) groups excluding carboxylic acids is 2. The summed E-state index contributed by atoms with van der Waals surface area (Å²) in [5.41, 5.74) is 8.79. The number of nitrogens with two attached hydrogens (primary N) is 1. The van der Waals surface area contributed by atoms with Gasteiger partial charge < -0.3 is 35.6 Å². The molecule has 296 valence electrons. The highest BCUT2D eigenvalue weighted by Gasteiger charge is 2.31. The number of anilines is 1. The highest BCUT2D eigenvalue weighted by atomic mass is 32.2. The largest absolute Gasteiger partial charge is 0.507 e. The first-order valence-electron chi connectivity index (χ1n) is 16.2. The SMILES string of the molecule is COc1c(C)c2c(c(O)c1C/C=C(\C)CCC(=O)O)C(=O)OC2.NC(=O)NO.O=C(O)c1cc(N=Nc2ccc(S(=O)(=O)Nc3ccccn3)cc2)ccc1O. The number of hydroxylamine groups is 1. The number of esters is 1. The molecule has 19 nitrogen and oxygen atoms in total. The average Bonchev–Trinajstić information content (AvgIpc) is 3.56. The van der Waals surface area contributed by atoms with E-state index in [2.05, 4.69) is 25.7 Å². The molecule has 56 heavy (non-hydrogen) atoms. The molecule has 5 rings (SSSR count). The maximum atomic E-state index is 12.3.